The van der Waals surface area contributed by atoms with E-state index < -0.39 is 0 Å². The molecule has 4 heteroatoms. The van der Waals surface area contributed by atoms with Crippen molar-refractivity contribution in [2.75, 3.05) is 7.11 Å². The summed E-state index contributed by atoms with van der Waals surface area (Å²) in [5.41, 5.74) is 2.40. The number of benzene rings is 1. The topological polar surface area (TPSA) is 43.3 Å². The molecule has 2 unspecified atom stereocenters. The number of nitrogens with one attached hydrogen (secondary N) is 1. The molecule has 1 aromatic carbocycles. The van der Waals surface area contributed by atoms with E-state index in [0.29, 0.717) is 6.54 Å². The first-order chi connectivity index (χ1) is 10.1. The molecule has 0 aliphatic rings. The molecule has 4 nitrogen and oxygen atoms in total. The zero-order valence-corrected chi connectivity index (χ0v) is 13.2. The van der Waals surface area contributed by atoms with Gasteiger partial charge in [0.2, 0.25) is 0 Å². The van der Waals surface area contributed by atoms with Gasteiger partial charge in [-0.25, -0.2) is 0 Å². The van der Waals surface area contributed by atoms with Crippen molar-refractivity contribution in [2.45, 2.75) is 32.9 Å². The Labute approximate surface area is 126 Å². The van der Waals surface area contributed by atoms with Crippen LogP contribution in [-0.4, -0.2) is 23.7 Å². The first-order valence-electron chi connectivity index (χ1n) is 7.42. The van der Waals surface area contributed by atoms with E-state index in [-0.39, 0.29) is 17.9 Å². The maximum Gasteiger partial charge on any atom is 0.323 e. The highest BCUT2D eigenvalue weighted by Gasteiger charge is 2.24. The van der Waals surface area contributed by atoms with Crippen molar-refractivity contribution in [3.05, 3.63) is 36.0 Å². The van der Waals surface area contributed by atoms with E-state index in [9.17, 15) is 4.79 Å². The van der Waals surface area contributed by atoms with Crippen LogP contribution in [0, 0.1) is 5.92 Å². The van der Waals surface area contributed by atoms with Gasteiger partial charge in [-0.3, -0.25) is 10.1 Å². The van der Waals surface area contributed by atoms with E-state index in [0.717, 1.165) is 6.42 Å². The van der Waals surface area contributed by atoms with Gasteiger partial charge >= 0.3 is 5.97 Å². The summed E-state index contributed by atoms with van der Waals surface area (Å²) in [4.78, 5) is 11.9. The van der Waals surface area contributed by atoms with Crippen LogP contribution in [-0.2, 0) is 23.1 Å². The molecule has 0 aliphatic heterocycles. The number of carbonyl (C=O) groups excluding carboxylic acids is 1. The molecule has 0 fully saturated rings. The molecule has 114 valence electrons. The van der Waals surface area contributed by atoms with Crippen molar-refractivity contribution in [1.82, 2.24) is 9.88 Å². The van der Waals surface area contributed by atoms with E-state index in [4.69, 9.17) is 4.74 Å². The van der Waals surface area contributed by atoms with Crippen molar-refractivity contribution in [2.24, 2.45) is 13.0 Å². The maximum absolute atomic E-state index is 11.9. The lowest BCUT2D eigenvalue weighted by atomic mass is 9.99. The van der Waals surface area contributed by atoms with Gasteiger partial charge in [0.05, 0.1) is 7.11 Å². The zero-order chi connectivity index (χ0) is 15.4. The number of aromatic nitrogens is 1. The van der Waals surface area contributed by atoms with Crippen LogP contribution >= 0.6 is 0 Å². The Kier molecular flexibility index (Phi) is 5.02. The predicted octanol–water partition coefficient (Wildman–Crippen LogP) is 2.86. The molecule has 0 spiro atoms. The number of hydrogen-bond donors (Lipinski definition) is 1. The molecule has 0 amide bonds. The molecular weight excluding hydrogens is 264 g/mol. The van der Waals surface area contributed by atoms with Crippen LogP contribution in [0.4, 0.5) is 0 Å². The van der Waals surface area contributed by atoms with Crippen molar-refractivity contribution in [3.63, 3.8) is 0 Å². The second-order valence-electron chi connectivity index (χ2n) is 5.55. The Morgan fingerprint density at radius 2 is 2.10 bits per heavy atom. The molecule has 1 heterocycles. The minimum Gasteiger partial charge on any atom is -0.468 e. The largest absolute Gasteiger partial charge is 0.468 e. The number of rotatable bonds is 6. The Bertz CT molecular complexity index is 618. The predicted molar refractivity (Wildman–Crippen MR) is 85.0 cm³/mol. The van der Waals surface area contributed by atoms with Gasteiger partial charge in [-0.05, 0) is 17.5 Å². The van der Waals surface area contributed by atoms with Gasteiger partial charge < -0.3 is 9.30 Å². The van der Waals surface area contributed by atoms with Gasteiger partial charge in [-0.1, -0.05) is 38.5 Å². The van der Waals surface area contributed by atoms with E-state index in [1.54, 1.807) is 0 Å². The number of esters is 1. The standard InChI is InChI=1S/C17H24N2O2/c1-5-12(2)16(17(20)21-4)18-10-13-11-19(3)15-9-7-6-8-14(13)15/h6-9,11-12,16,18H,5,10H2,1-4H3. The first-order valence-corrected chi connectivity index (χ1v) is 7.42. The number of carbonyl (C=O) groups is 1. The Hall–Kier alpha value is -1.81. The van der Waals surface area contributed by atoms with Crippen LogP contribution in [0.1, 0.15) is 25.8 Å². The van der Waals surface area contributed by atoms with Crippen LogP contribution in [0.2, 0.25) is 0 Å². The number of methoxy groups -OCH3 is 1. The highest BCUT2D eigenvalue weighted by atomic mass is 16.5. The lowest BCUT2D eigenvalue weighted by Crippen LogP contribution is -2.42. The zero-order valence-electron chi connectivity index (χ0n) is 13.2. The molecule has 1 aromatic heterocycles. The van der Waals surface area contributed by atoms with Gasteiger partial charge in [0, 0.05) is 30.7 Å². The summed E-state index contributed by atoms with van der Waals surface area (Å²) in [6.45, 7) is 4.81. The lowest BCUT2D eigenvalue weighted by molar-refractivity contribution is -0.144. The minimum atomic E-state index is -0.265. The van der Waals surface area contributed by atoms with Crippen LogP contribution in [0.3, 0.4) is 0 Å². The fourth-order valence-electron chi connectivity index (χ4n) is 2.67. The third-order valence-corrected chi connectivity index (χ3v) is 4.16. The van der Waals surface area contributed by atoms with Crippen molar-refractivity contribution in [3.8, 4) is 0 Å². The summed E-state index contributed by atoms with van der Waals surface area (Å²) in [7, 11) is 3.48. The summed E-state index contributed by atoms with van der Waals surface area (Å²) in [6, 6.07) is 8.03. The van der Waals surface area contributed by atoms with Gasteiger partial charge in [-0.15, -0.1) is 0 Å². The molecule has 1 N–H and O–H groups in total. The number of fused-ring (bicyclic) bond motifs is 1. The molecule has 0 bridgehead atoms. The SMILES string of the molecule is CCC(C)C(NCc1cn(C)c2ccccc12)C(=O)OC. The summed E-state index contributed by atoms with van der Waals surface area (Å²) in [5.74, 6) is 0.0528. The number of ether oxygens (including phenoxy) is 1. The molecule has 0 aliphatic carbocycles. The molecular formula is C17H24N2O2. The third kappa shape index (κ3) is 3.27. The highest BCUT2D eigenvalue weighted by molar-refractivity contribution is 5.84. The molecule has 0 saturated heterocycles. The van der Waals surface area contributed by atoms with Crippen molar-refractivity contribution < 1.29 is 9.53 Å². The second kappa shape index (κ2) is 6.76. The normalized spacial score (nSPS) is 14.1. The van der Waals surface area contributed by atoms with Crippen molar-refractivity contribution in [1.29, 1.82) is 0 Å². The van der Waals surface area contributed by atoms with Gasteiger partial charge in [0.15, 0.2) is 0 Å². The van der Waals surface area contributed by atoms with Crippen LogP contribution in [0.5, 0.6) is 0 Å². The summed E-state index contributed by atoms with van der Waals surface area (Å²) in [5, 5.41) is 4.58. The van der Waals surface area contributed by atoms with E-state index in [2.05, 4.69) is 42.1 Å². The van der Waals surface area contributed by atoms with Gasteiger partial charge in [0.25, 0.3) is 0 Å². The third-order valence-electron chi connectivity index (χ3n) is 4.16. The number of aryl methyl sites for hydroxylation is 1. The van der Waals surface area contributed by atoms with E-state index in [1.807, 2.05) is 19.2 Å². The molecule has 2 rings (SSSR count). The number of para-hydroxylation sites is 1. The fraction of sp³-hybridized carbons (Fsp3) is 0.471. The summed E-state index contributed by atoms with van der Waals surface area (Å²) < 4.78 is 7.02. The Morgan fingerprint density at radius 3 is 2.76 bits per heavy atom. The average Bonchev–Trinajstić information content (AvgIpc) is 2.83. The van der Waals surface area contributed by atoms with Crippen molar-refractivity contribution >= 4 is 16.9 Å². The molecule has 0 radical (unpaired) electrons. The Morgan fingerprint density at radius 1 is 1.38 bits per heavy atom. The van der Waals surface area contributed by atoms with Crippen LogP contribution in [0.15, 0.2) is 30.5 Å². The van der Waals surface area contributed by atoms with E-state index in [1.165, 1.54) is 23.6 Å². The number of nitrogens with zero attached hydrogens (tertiary/aromatic N) is 1. The summed E-state index contributed by atoms with van der Waals surface area (Å²) in [6.07, 6.45) is 3.05. The highest BCUT2D eigenvalue weighted by Crippen LogP contribution is 2.20. The van der Waals surface area contributed by atoms with Crippen LogP contribution in [0.25, 0.3) is 10.9 Å². The molecule has 21 heavy (non-hydrogen) atoms. The van der Waals surface area contributed by atoms with E-state index >= 15 is 0 Å². The minimum absolute atomic E-state index is 0.190. The first kappa shape index (κ1) is 15.6. The quantitative estimate of drug-likeness (QED) is 0.831. The van der Waals surface area contributed by atoms with Gasteiger partial charge in [-0.2, -0.15) is 0 Å². The molecule has 0 saturated carbocycles. The number of hydrogen-bond acceptors (Lipinski definition) is 3. The monoisotopic (exact) mass is 288 g/mol. The van der Waals surface area contributed by atoms with Crippen LogP contribution < -0.4 is 5.32 Å². The summed E-state index contributed by atoms with van der Waals surface area (Å²) >= 11 is 0. The van der Waals surface area contributed by atoms with Gasteiger partial charge in [0.1, 0.15) is 6.04 Å². The Balaban J connectivity index is 2.18. The molecule has 2 atom stereocenters. The molecule has 2 aromatic rings. The fourth-order valence-corrected chi connectivity index (χ4v) is 2.67. The second-order valence-corrected chi connectivity index (χ2v) is 5.55. The smallest absolute Gasteiger partial charge is 0.323 e. The maximum atomic E-state index is 11.9. The lowest BCUT2D eigenvalue weighted by Gasteiger charge is -2.21. The average molecular weight is 288 g/mol.